The molecule has 0 bridgehead atoms. The summed E-state index contributed by atoms with van der Waals surface area (Å²) < 4.78 is 0. The molecule has 0 aromatic carbocycles. The monoisotopic (exact) mass is 305 g/mol. The molecule has 22 heavy (non-hydrogen) atoms. The minimum Gasteiger partial charge on any atom is -0.393 e. The third-order valence-corrected chi connectivity index (χ3v) is 7.90. The van der Waals surface area contributed by atoms with Crippen molar-refractivity contribution in [3.05, 3.63) is 11.1 Å². The molecule has 4 aliphatic carbocycles. The maximum absolute atomic E-state index is 10.7. The third kappa shape index (κ3) is 1.91. The number of hydrogen-bond acceptors (Lipinski definition) is 3. The molecule has 0 heterocycles. The van der Waals surface area contributed by atoms with Gasteiger partial charge in [0.05, 0.1) is 6.10 Å². The molecule has 3 heteroatoms. The Balaban J connectivity index is 1.70. The van der Waals surface area contributed by atoms with E-state index in [1.165, 1.54) is 6.42 Å². The summed E-state index contributed by atoms with van der Waals surface area (Å²) in [5.41, 5.74) is 8.47. The first-order valence-electron chi connectivity index (χ1n) is 9.23. The average molecular weight is 305 g/mol. The molecule has 124 valence electrons. The lowest BCUT2D eigenvalue weighted by atomic mass is 9.51. The van der Waals surface area contributed by atoms with Crippen LogP contribution in [0.2, 0.25) is 0 Å². The molecular weight excluding hydrogens is 274 g/mol. The SMILES string of the molecule is C[C@@H]1CC2=C(CCC(O)C2)C2CCC3(C)C(CC[C@]3(N)O)C21. The molecule has 4 rings (SSSR count). The Bertz CT molecular complexity index is 512. The van der Waals surface area contributed by atoms with Gasteiger partial charge in [0, 0.05) is 5.41 Å². The van der Waals surface area contributed by atoms with E-state index in [-0.39, 0.29) is 11.5 Å². The van der Waals surface area contributed by atoms with E-state index >= 15 is 0 Å². The largest absolute Gasteiger partial charge is 0.393 e. The van der Waals surface area contributed by atoms with E-state index in [9.17, 15) is 10.2 Å². The molecular formula is C19H31NO2. The summed E-state index contributed by atoms with van der Waals surface area (Å²) in [6.07, 6.45) is 8.06. The normalized spacial score (nSPS) is 54.7. The smallest absolute Gasteiger partial charge is 0.119 e. The molecule has 4 N–H and O–H groups in total. The zero-order chi connectivity index (χ0) is 15.7. The predicted octanol–water partition coefficient (Wildman–Crippen LogP) is 2.96. The molecule has 0 aromatic heterocycles. The van der Waals surface area contributed by atoms with Crippen molar-refractivity contribution in [2.75, 3.05) is 0 Å². The molecule has 5 unspecified atom stereocenters. The number of rotatable bonds is 0. The van der Waals surface area contributed by atoms with E-state index in [0.29, 0.717) is 23.7 Å². The molecule has 0 aromatic rings. The van der Waals surface area contributed by atoms with Crippen LogP contribution in [-0.2, 0) is 0 Å². The lowest BCUT2D eigenvalue weighted by Gasteiger charge is -2.55. The summed E-state index contributed by atoms with van der Waals surface area (Å²) in [4.78, 5) is 0. The predicted molar refractivity (Wildman–Crippen MR) is 86.8 cm³/mol. The van der Waals surface area contributed by atoms with E-state index in [4.69, 9.17) is 5.73 Å². The summed E-state index contributed by atoms with van der Waals surface area (Å²) >= 11 is 0. The van der Waals surface area contributed by atoms with E-state index in [0.717, 1.165) is 44.9 Å². The summed E-state index contributed by atoms with van der Waals surface area (Å²) in [6.45, 7) is 4.63. The van der Waals surface area contributed by atoms with E-state index in [2.05, 4.69) is 13.8 Å². The fraction of sp³-hybridized carbons (Fsp3) is 0.895. The fourth-order valence-corrected chi connectivity index (χ4v) is 6.65. The van der Waals surface area contributed by atoms with Crippen LogP contribution in [0.15, 0.2) is 11.1 Å². The Hall–Kier alpha value is -0.380. The van der Waals surface area contributed by atoms with Crippen molar-refractivity contribution in [1.82, 2.24) is 0 Å². The Labute approximate surface area is 134 Å². The van der Waals surface area contributed by atoms with Gasteiger partial charge in [0.15, 0.2) is 0 Å². The van der Waals surface area contributed by atoms with Gasteiger partial charge in [-0.2, -0.15) is 0 Å². The highest BCUT2D eigenvalue weighted by molar-refractivity contribution is 5.28. The topological polar surface area (TPSA) is 66.5 Å². The second-order valence-electron chi connectivity index (χ2n) is 8.92. The molecule has 0 saturated heterocycles. The summed E-state index contributed by atoms with van der Waals surface area (Å²) in [7, 11) is 0. The van der Waals surface area contributed by atoms with Crippen LogP contribution in [0, 0.1) is 29.1 Å². The molecule has 2 saturated carbocycles. The van der Waals surface area contributed by atoms with E-state index in [1.807, 2.05) is 0 Å². The van der Waals surface area contributed by atoms with Gasteiger partial charge in [-0.25, -0.2) is 0 Å². The van der Waals surface area contributed by atoms with Crippen LogP contribution in [-0.4, -0.2) is 22.0 Å². The quantitative estimate of drug-likeness (QED) is 0.476. The number of allylic oxidation sites excluding steroid dienone is 1. The maximum atomic E-state index is 10.7. The summed E-state index contributed by atoms with van der Waals surface area (Å²) in [5.74, 6) is 2.60. The number of fused-ring (bicyclic) bond motifs is 4. The van der Waals surface area contributed by atoms with Crippen LogP contribution in [0.4, 0.5) is 0 Å². The van der Waals surface area contributed by atoms with Crippen LogP contribution in [0.5, 0.6) is 0 Å². The van der Waals surface area contributed by atoms with Crippen LogP contribution >= 0.6 is 0 Å². The number of aliphatic hydroxyl groups is 2. The molecule has 0 aliphatic heterocycles. The average Bonchev–Trinajstić information content (AvgIpc) is 2.69. The Morgan fingerprint density at radius 2 is 1.91 bits per heavy atom. The summed E-state index contributed by atoms with van der Waals surface area (Å²) in [5, 5.41) is 20.7. The Morgan fingerprint density at radius 3 is 2.68 bits per heavy atom. The summed E-state index contributed by atoms with van der Waals surface area (Å²) in [6, 6.07) is 0. The van der Waals surface area contributed by atoms with Crippen LogP contribution in [0.3, 0.4) is 0 Å². The van der Waals surface area contributed by atoms with Gasteiger partial charge in [0.2, 0.25) is 0 Å². The zero-order valence-corrected chi connectivity index (χ0v) is 14.0. The van der Waals surface area contributed by atoms with Crippen molar-refractivity contribution < 1.29 is 10.2 Å². The lowest BCUT2D eigenvalue weighted by Crippen LogP contribution is -2.57. The first-order chi connectivity index (χ1) is 10.3. The van der Waals surface area contributed by atoms with Gasteiger partial charge in [0.25, 0.3) is 0 Å². The molecule has 0 spiro atoms. The second-order valence-corrected chi connectivity index (χ2v) is 8.92. The van der Waals surface area contributed by atoms with Crippen molar-refractivity contribution in [2.45, 2.75) is 77.0 Å². The fourth-order valence-electron chi connectivity index (χ4n) is 6.65. The molecule has 3 nitrogen and oxygen atoms in total. The van der Waals surface area contributed by atoms with Gasteiger partial charge in [-0.1, -0.05) is 25.0 Å². The Kier molecular flexibility index (Phi) is 3.32. The van der Waals surface area contributed by atoms with E-state index < -0.39 is 5.72 Å². The van der Waals surface area contributed by atoms with Crippen molar-refractivity contribution in [2.24, 2.45) is 34.8 Å². The highest BCUT2D eigenvalue weighted by Gasteiger charge is 2.61. The van der Waals surface area contributed by atoms with Crippen molar-refractivity contribution in [1.29, 1.82) is 0 Å². The highest BCUT2D eigenvalue weighted by Crippen LogP contribution is 2.64. The Morgan fingerprint density at radius 1 is 1.14 bits per heavy atom. The van der Waals surface area contributed by atoms with Crippen LogP contribution in [0.25, 0.3) is 0 Å². The minimum atomic E-state index is -0.972. The van der Waals surface area contributed by atoms with Crippen molar-refractivity contribution in [3.8, 4) is 0 Å². The molecule has 2 fully saturated rings. The molecule has 4 aliphatic rings. The first kappa shape index (κ1) is 15.2. The van der Waals surface area contributed by atoms with Gasteiger partial charge >= 0.3 is 0 Å². The van der Waals surface area contributed by atoms with Crippen LogP contribution in [0.1, 0.15) is 65.2 Å². The standard InChI is InChI=1S/C19H31NO2/c1-11-9-12-10-13(21)3-4-14(12)15-5-7-18(2)16(17(11)15)6-8-19(18,20)22/h11,13,15-17,21-22H,3-10,20H2,1-2H3/t11-,13?,15?,16?,17?,18?,19+/m1/s1. The molecule has 7 atom stereocenters. The van der Waals surface area contributed by atoms with E-state index in [1.54, 1.807) is 11.1 Å². The van der Waals surface area contributed by atoms with Gasteiger partial charge in [0.1, 0.15) is 5.72 Å². The molecule has 0 amide bonds. The van der Waals surface area contributed by atoms with Crippen molar-refractivity contribution in [3.63, 3.8) is 0 Å². The number of hydrogen-bond donors (Lipinski definition) is 3. The van der Waals surface area contributed by atoms with Crippen molar-refractivity contribution >= 4 is 0 Å². The number of nitrogens with two attached hydrogens (primary N) is 1. The number of aliphatic hydroxyl groups excluding tert-OH is 1. The van der Waals surface area contributed by atoms with Gasteiger partial charge in [-0.3, -0.25) is 0 Å². The zero-order valence-electron chi connectivity index (χ0n) is 14.0. The van der Waals surface area contributed by atoms with Gasteiger partial charge in [-0.05, 0) is 75.0 Å². The minimum absolute atomic E-state index is 0.103. The first-order valence-corrected chi connectivity index (χ1v) is 9.23. The second kappa shape index (κ2) is 4.81. The van der Waals surface area contributed by atoms with Gasteiger partial charge in [-0.15, -0.1) is 0 Å². The maximum Gasteiger partial charge on any atom is 0.119 e. The third-order valence-electron chi connectivity index (χ3n) is 7.90. The lowest BCUT2D eigenvalue weighted by molar-refractivity contribution is -0.110. The van der Waals surface area contributed by atoms with Crippen LogP contribution < -0.4 is 5.73 Å². The molecule has 0 radical (unpaired) electrons. The van der Waals surface area contributed by atoms with Gasteiger partial charge < -0.3 is 15.9 Å². The highest BCUT2D eigenvalue weighted by atomic mass is 16.3.